The van der Waals surface area contributed by atoms with Crippen molar-refractivity contribution in [2.45, 2.75) is 20.8 Å². The molecule has 0 atom stereocenters. The summed E-state index contributed by atoms with van der Waals surface area (Å²) in [6.45, 7) is 5.24. The quantitative estimate of drug-likeness (QED) is 0.809. The van der Waals surface area contributed by atoms with Crippen LogP contribution in [0.15, 0.2) is 0 Å². The maximum absolute atomic E-state index is 11.3. The number of nitrogens with one attached hydrogen (secondary N) is 1. The second-order valence-electron chi connectivity index (χ2n) is 3.12. The lowest BCUT2D eigenvalue weighted by Crippen LogP contribution is -2.19. The summed E-state index contributed by atoms with van der Waals surface area (Å²) in [5.74, 6) is 0.405. The van der Waals surface area contributed by atoms with Crippen molar-refractivity contribution in [3.8, 4) is 0 Å². The number of anilines is 1. The molecule has 0 saturated heterocycles. The van der Waals surface area contributed by atoms with Gasteiger partial charge in [0.05, 0.1) is 0 Å². The molecule has 1 heterocycles. The average Bonchev–Trinajstić information content (AvgIpc) is 2.01. The van der Waals surface area contributed by atoms with Crippen LogP contribution < -0.4 is 5.32 Å². The fourth-order valence-corrected chi connectivity index (χ4v) is 0.962. The smallest absolute Gasteiger partial charge is 0.233 e. The Balaban J connectivity index is 2.82. The van der Waals surface area contributed by atoms with Gasteiger partial charge in [0.15, 0.2) is 0 Å². The number of carbonyl (C=O) groups excluding carboxylic acids is 1. The summed E-state index contributed by atoms with van der Waals surface area (Å²) in [6.07, 6.45) is 0. The molecule has 1 rings (SSSR count). The van der Waals surface area contributed by atoms with Crippen LogP contribution in [0.5, 0.6) is 0 Å². The van der Waals surface area contributed by atoms with Gasteiger partial charge in [0, 0.05) is 5.92 Å². The van der Waals surface area contributed by atoms with Crippen LogP contribution in [0.25, 0.3) is 0 Å². The van der Waals surface area contributed by atoms with E-state index in [2.05, 4.69) is 20.3 Å². The lowest BCUT2D eigenvalue weighted by atomic mass is 10.2. The predicted molar refractivity (Wildman–Crippen MR) is 53.0 cm³/mol. The van der Waals surface area contributed by atoms with E-state index in [4.69, 9.17) is 11.6 Å². The lowest BCUT2D eigenvalue weighted by molar-refractivity contribution is -0.118. The molecule has 1 N–H and O–H groups in total. The highest BCUT2D eigenvalue weighted by atomic mass is 35.5. The first-order valence-electron chi connectivity index (χ1n) is 4.18. The van der Waals surface area contributed by atoms with Crippen LogP contribution in [0.4, 0.5) is 5.95 Å². The summed E-state index contributed by atoms with van der Waals surface area (Å²) < 4.78 is 0. The third kappa shape index (κ3) is 2.92. The van der Waals surface area contributed by atoms with Crippen molar-refractivity contribution in [2.75, 3.05) is 5.32 Å². The topological polar surface area (TPSA) is 67.8 Å². The van der Waals surface area contributed by atoms with Crippen LogP contribution in [0.2, 0.25) is 5.28 Å². The van der Waals surface area contributed by atoms with Crippen LogP contribution in [0.1, 0.15) is 19.7 Å². The van der Waals surface area contributed by atoms with Gasteiger partial charge in [-0.1, -0.05) is 13.8 Å². The Labute approximate surface area is 86.9 Å². The van der Waals surface area contributed by atoms with Crippen molar-refractivity contribution in [1.82, 2.24) is 15.0 Å². The molecule has 1 aromatic heterocycles. The maximum atomic E-state index is 11.3. The average molecular weight is 215 g/mol. The van der Waals surface area contributed by atoms with E-state index < -0.39 is 0 Å². The Hall–Kier alpha value is -1.23. The number of hydrogen-bond donors (Lipinski definition) is 1. The summed E-state index contributed by atoms with van der Waals surface area (Å²) >= 11 is 5.60. The molecular formula is C8H11ClN4O. The minimum Gasteiger partial charge on any atom is -0.294 e. The highest BCUT2D eigenvalue weighted by Crippen LogP contribution is 2.06. The highest BCUT2D eigenvalue weighted by molar-refractivity contribution is 6.28. The minimum atomic E-state index is -0.147. The minimum absolute atomic E-state index is 0.0801. The van der Waals surface area contributed by atoms with Crippen molar-refractivity contribution < 1.29 is 4.79 Å². The molecule has 76 valence electrons. The Morgan fingerprint density at radius 2 is 2.00 bits per heavy atom. The molecule has 1 amide bonds. The molecule has 0 spiro atoms. The zero-order valence-corrected chi connectivity index (χ0v) is 8.96. The molecule has 6 heteroatoms. The van der Waals surface area contributed by atoms with Gasteiger partial charge in [-0.25, -0.2) is 4.98 Å². The van der Waals surface area contributed by atoms with E-state index in [1.165, 1.54) is 0 Å². The maximum Gasteiger partial charge on any atom is 0.233 e. The van der Waals surface area contributed by atoms with Crippen molar-refractivity contribution in [1.29, 1.82) is 0 Å². The second-order valence-corrected chi connectivity index (χ2v) is 3.46. The zero-order valence-electron chi connectivity index (χ0n) is 8.21. The van der Waals surface area contributed by atoms with Gasteiger partial charge in [0.1, 0.15) is 5.82 Å². The van der Waals surface area contributed by atoms with Crippen molar-refractivity contribution in [3.05, 3.63) is 11.1 Å². The summed E-state index contributed by atoms with van der Waals surface area (Å²) in [7, 11) is 0. The zero-order chi connectivity index (χ0) is 10.7. The second kappa shape index (κ2) is 4.32. The monoisotopic (exact) mass is 214 g/mol. The fraction of sp³-hybridized carbons (Fsp3) is 0.500. The van der Waals surface area contributed by atoms with Gasteiger partial charge >= 0.3 is 0 Å². The van der Waals surface area contributed by atoms with E-state index in [1.54, 1.807) is 20.8 Å². The Morgan fingerprint density at radius 3 is 2.50 bits per heavy atom. The van der Waals surface area contributed by atoms with Crippen molar-refractivity contribution >= 4 is 23.5 Å². The molecule has 0 aliphatic heterocycles. The Morgan fingerprint density at radius 1 is 1.36 bits per heavy atom. The number of aryl methyl sites for hydroxylation is 1. The van der Waals surface area contributed by atoms with E-state index in [0.29, 0.717) is 5.82 Å². The van der Waals surface area contributed by atoms with Crippen LogP contribution >= 0.6 is 11.6 Å². The molecule has 1 aromatic rings. The van der Waals surface area contributed by atoms with E-state index in [0.717, 1.165) is 0 Å². The van der Waals surface area contributed by atoms with Crippen LogP contribution in [-0.4, -0.2) is 20.9 Å². The molecule has 0 aliphatic carbocycles. The van der Waals surface area contributed by atoms with E-state index in [1.807, 2.05) is 0 Å². The van der Waals surface area contributed by atoms with Crippen molar-refractivity contribution in [2.24, 2.45) is 5.92 Å². The van der Waals surface area contributed by atoms with Gasteiger partial charge in [0.2, 0.25) is 17.1 Å². The number of aromatic nitrogens is 3. The van der Waals surface area contributed by atoms with Gasteiger partial charge in [-0.3, -0.25) is 10.1 Å². The number of amides is 1. The first kappa shape index (κ1) is 10.8. The molecule has 0 radical (unpaired) electrons. The van der Waals surface area contributed by atoms with Crippen LogP contribution in [0, 0.1) is 12.8 Å². The number of rotatable bonds is 2. The number of hydrogen-bond acceptors (Lipinski definition) is 4. The molecule has 0 bridgehead atoms. The lowest BCUT2D eigenvalue weighted by Gasteiger charge is -2.05. The van der Waals surface area contributed by atoms with Crippen molar-refractivity contribution in [3.63, 3.8) is 0 Å². The van der Waals surface area contributed by atoms with Crippen LogP contribution in [0.3, 0.4) is 0 Å². The fourth-order valence-electron chi connectivity index (χ4n) is 0.760. The van der Waals surface area contributed by atoms with Gasteiger partial charge in [0.25, 0.3) is 0 Å². The Kier molecular flexibility index (Phi) is 3.35. The number of halogens is 1. The van der Waals surface area contributed by atoms with Gasteiger partial charge in [-0.2, -0.15) is 9.97 Å². The Bertz CT molecular complexity index is 333. The standard InChI is InChI=1S/C8H11ClN4O/c1-4(2)6(14)12-8-11-5(3)10-7(9)13-8/h4H,1-3H3,(H,10,11,12,13,14). The third-order valence-electron chi connectivity index (χ3n) is 1.48. The number of carbonyl (C=O) groups is 1. The molecule has 0 aliphatic rings. The summed E-state index contributed by atoms with van der Waals surface area (Å²) in [5, 5.41) is 2.62. The third-order valence-corrected chi connectivity index (χ3v) is 1.65. The molecular weight excluding hydrogens is 204 g/mol. The van der Waals surface area contributed by atoms with E-state index in [9.17, 15) is 4.79 Å². The molecule has 0 unspecified atom stereocenters. The first-order valence-corrected chi connectivity index (χ1v) is 4.56. The first-order chi connectivity index (χ1) is 6.49. The van der Waals surface area contributed by atoms with Gasteiger partial charge in [-0.05, 0) is 18.5 Å². The molecule has 14 heavy (non-hydrogen) atoms. The highest BCUT2D eigenvalue weighted by Gasteiger charge is 2.09. The normalized spacial score (nSPS) is 10.4. The summed E-state index contributed by atoms with van der Waals surface area (Å²) in [6, 6.07) is 0. The summed E-state index contributed by atoms with van der Waals surface area (Å²) in [5.41, 5.74) is 0. The van der Waals surface area contributed by atoms with Crippen LogP contribution in [-0.2, 0) is 4.79 Å². The van der Waals surface area contributed by atoms with Gasteiger partial charge < -0.3 is 0 Å². The van der Waals surface area contributed by atoms with Gasteiger partial charge in [-0.15, -0.1) is 0 Å². The largest absolute Gasteiger partial charge is 0.294 e. The SMILES string of the molecule is Cc1nc(Cl)nc(NC(=O)C(C)C)n1. The van der Waals surface area contributed by atoms with E-state index >= 15 is 0 Å². The van der Waals surface area contributed by atoms with E-state index in [-0.39, 0.29) is 23.1 Å². The summed E-state index contributed by atoms with van der Waals surface area (Å²) in [4.78, 5) is 22.7. The predicted octanol–water partition coefficient (Wildman–Crippen LogP) is 1.43. The molecule has 5 nitrogen and oxygen atoms in total. The number of nitrogens with zero attached hydrogens (tertiary/aromatic N) is 3. The molecule has 0 aromatic carbocycles. The molecule has 0 saturated carbocycles. The molecule has 0 fully saturated rings.